The Balaban J connectivity index is 1.57. The lowest BCUT2D eigenvalue weighted by atomic mass is 9.73. The monoisotopic (exact) mass is 403 g/mol. The van der Waals surface area contributed by atoms with Gasteiger partial charge in [0.25, 0.3) is 0 Å². The van der Waals surface area contributed by atoms with Gasteiger partial charge >= 0.3 is 0 Å². The van der Waals surface area contributed by atoms with Crippen LogP contribution in [-0.4, -0.2) is 50.7 Å². The molecule has 0 radical (unpaired) electrons. The number of hydrogen-bond donors (Lipinski definition) is 2. The number of carbonyl (C=O) groups is 1. The van der Waals surface area contributed by atoms with Gasteiger partial charge in [-0.05, 0) is 50.0 Å². The molecule has 0 saturated carbocycles. The predicted molar refractivity (Wildman–Crippen MR) is 108 cm³/mol. The number of piperidine rings is 2. The van der Waals surface area contributed by atoms with Crippen LogP contribution in [0.25, 0.3) is 11.0 Å². The van der Waals surface area contributed by atoms with Gasteiger partial charge in [0.15, 0.2) is 11.6 Å². The SMILES string of the molecule is COc1cnc2[nH]cc(C(C)CC(=O)N3C4CC(C)CC3CC(C)(O)C4)c2c1F. The lowest BCUT2D eigenvalue weighted by Gasteiger charge is -2.53. The highest BCUT2D eigenvalue weighted by atomic mass is 19.1. The summed E-state index contributed by atoms with van der Waals surface area (Å²) in [7, 11) is 1.41. The van der Waals surface area contributed by atoms with Crippen molar-refractivity contribution in [3.63, 3.8) is 0 Å². The molecular weight excluding hydrogens is 373 g/mol. The molecule has 2 saturated heterocycles. The molecule has 29 heavy (non-hydrogen) atoms. The first kappa shape index (κ1) is 20.1. The number of ether oxygens (including phenoxy) is 1. The van der Waals surface area contributed by atoms with Crippen molar-refractivity contribution in [2.45, 2.75) is 76.5 Å². The maximum atomic E-state index is 14.8. The minimum absolute atomic E-state index is 0.0775. The van der Waals surface area contributed by atoms with Crippen molar-refractivity contribution in [2.75, 3.05) is 7.11 Å². The van der Waals surface area contributed by atoms with Gasteiger partial charge in [-0.3, -0.25) is 4.79 Å². The number of methoxy groups -OCH3 is 1. The summed E-state index contributed by atoms with van der Waals surface area (Å²) < 4.78 is 19.9. The molecule has 4 heterocycles. The average Bonchev–Trinajstić information content (AvgIpc) is 3.05. The van der Waals surface area contributed by atoms with E-state index in [0.717, 1.165) is 18.4 Å². The van der Waals surface area contributed by atoms with Crippen LogP contribution < -0.4 is 4.74 Å². The summed E-state index contributed by atoms with van der Waals surface area (Å²) in [5.41, 5.74) is 0.483. The van der Waals surface area contributed by atoms with Gasteiger partial charge in [-0.25, -0.2) is 9.37 Å². The highest BCUT2D eigenvalue weighted by Gasteiger charge is 2.46. The lowest BCUT2D eigenvalue weighted by Crippen LogP contribution is -2.60. The van der Waals surface area contributed by atoms with Crippen molar-refractivity contribution in [1.29, 1.82) is 0 Å². The summed E-state index contributed by atoms with van der Waals surface area (Å²) >= 11 is 0. The molecule has 4 rings (SSSR count). The van der Waals surface area contributed by atoms with E-state index in [0.29, 0.717) is 36.2 Å². The number of nitrogens with one attached hydrogen (secondary N) is 1. The number of aromatic amines is 1. The van der Waals surface area contributed by atoms with Gasteiger partial charge in [0, 0.05) is 24.7 Å². The van der Waals surface area contributed by atoms with Crippen LogP contribution in [0.15, 0.2) is 12.4 Å². The summed E-state index contributed by atoms with van der Waals surface area (Å²) in [6.45, 7) is 6.04. The van der Waals surface area contributed by atoms with E-state index in [4.69, 9.17) is 4.74 Å². The molecule has 3 atom stereocenters. The van der Waals surface area contributed by atoms with Crippen LogP contribution in [0.1, 0.15) is 64.4 Å². The Morgan fingerprint density at radius 2 is 2.10 bits per heavy atom. The van der Waals surface area contributed by atoms with Gasteiger partial charge in [0.1, 0.15) is 5.65 Å². The number of carbonyl (C=O) groups excluding carboxylic acids is 1. The Morgan fingerprint density at radius 1 is 1.45 bits per heavy atom. The Kier molecular flexibility index (Phi) is 5.05. The first-order valence-electron chi connectivity index (χ1n) is 10.4. The summed E-state index contributed by atoms with van der Waals surface area (Å²) in [6, 6.07) is 0.155. The van der Waals surface area contributed by atoms with Crippen LogP contribution in [-0.2, 0) is 4.79 Å². The molecule has 1 amide bonds. The highest BCUT2D eigenvalue weighted by molar-refractivity contribution is 5.84. The number of rotatable bonds is 4. The average molecular weight is 403 g/mol. The number of fused-ring (bicyclic) bond motifs is 3. The molecule has 0 aromatic carbocycles. The molecule has 2 N–H and O–H groups in total. The summed E-state index contributed by atoms with van der Waals surface area (Å²) in [5.74, 6) is 0.121. The topological polar surface area (TPSA) is 78.5 Å². The van der Waals surface area contributed by atoms with Gasteiger partial charge in [0.05, 0.1) is 24.3 Å². The largest absolute Gasteiger partial charge is 0.492 e. The van der Waals surface area contributed by atoms with Crippen molar-refractivity contribution in [2.24, 2.45) is 5.92 Å². The number of halogens is 1. The number of H-pyrrole nitrogens is 1. The number of aromatic nitrogens is 2. The van der Waals surface area contributed by atoms with E-state index in [9.17, 15) is 14.3 Å². The zero-order valence-electron chi connectivity index (χ0n) is 17.5. The van der Waals surface area contributed by atoms with E-state index < -0.39 is 11.4 Å². The molecule has 7 heteroatoms. The predicted octanol–water partition coefficient (Wildman–Crippen LogP) is 3.74. The third-order valence-corrected chi connectivity index (χ3v) is 6.64. The third kappa shape index (κ3) is 3.61. The Hall–Kier alpha value is -2.15. The van der Waals surface area contributed by atoms with Crippen molar-refractivity contribution in [3.8, 4) is 5.75 Å². The maximum Gasteiger partial charge on any atom is 0.223 e. The van der Waals surface area contributed by atoms with E-state index >= 15 is 0 Å². The molecule has 2 aliphatic rings. The van der Waals surface area contributed by atoms with E-state index in [-0.39, 0.29) is 29.7 Å². The quantitative estimate of drug-likeness (QED) is 0.815. The van der Waals surface area contributed by atoms with Crippen LogP contribution in [0.2, 0.25) is 0 Å². The lowest BCUT2D eigenvalue weighted by molar-refractivity contribution is -0.152. The van der Waals surface area contributed by atoms with Crippen LogP contribution in [0.3, 0.4) is 0 Å². The highest BCUT2D eigenvalue weighted by Crippen LogP contribution is 2.42. The minimum Gasteiger partial charge on any atom is -0.492 e. The van der Waals surface area contributed by atoms with Crippen molar-refractivity contribution >= 4 is 16.9 Å². The fourth-order valence-corrected chi connectivity index (χ4v) is 5.49. The molecule has 2 aromatic rings. The zero-order chi connectivity index (χ0) is 20.9. The van der Waals surface area contributed by atoms with Crippen LogP contribution in [0, 0.1) is 11.7 Å². The van der Waals surface area contributed by atoms with Gasteiger partial charge in [-0.2, -0.15) is 0 Å². The second kappa shape index (κ2) is 7.27. The normalized spacial score (nSPS) is 30.4. The van der Waals surface area contributed by atoms with Gasteiger partial charge < -0.3 is 19.7 Å². The molecule has 6 nitrogen and oxygen atoms in total. The Labute approximate surface area is 170 Å². The first-order valence-corrected chi connectivity index (χ1v) is 10.4. The Morgan fingerprint density at radius 3 is 2.72 bits per heavy atom. The molecule has 2 aliphatic heterocycles. The third-order valence-electron chi connectivity index (χ3n) is 6.64. The Bertz CT molecular complexity index is 907. The molecule has 0 spiro atoms. The number of pyridine rings is 1. The molecule has 2 aromatic heterocycles. The van der Waals surface area contributed by atoms with Crippen molar-refractivity contribution in [3.05, 3.63) is 23.8 Å². The van der Waals surface area contributed by atoms with E-state index in [1.165, 1.54) is 13.3 Å². The zero-order valence-corrected chi connectivity index (χ0v) is 17.5. The fraction of sp³-hybridized carbons (Fsp3) is 0.636. The van der Waals surface area contributed by atoms with Crippen LogP contribution in [0.5, 0.6) is 5.75 Å². The number of nitrogens with zero attached hydrogens (tertiary/aromatic N) is 2. The van der Waals surface area contributed by atoms with E-state index in [2.05, 4.69) is 16.9 Å². The van der Waals surface area contributed by atoms with Gasteiger partial charge in [0.2, 0.25) is 5.91 Å². The van der Waals surface area contributed by atoms with Crippen LogP contribution >= 0.6 is 0 Å². The van der Waals surface area contributed by atoms with Gasteiger partial charge in [-0.15, -0.1) is 0 Å². The number of amides is 1. The molecule has 3 unspecified atom stereocenters. The van der Waals surface area contributed by atoms with E-state index in [1.54, 1.807) is 6.20 Å². The van der Waals surface area contributed by atoms with Crippen LogP contribution in [0.4, 0.5) is 4.39 Å². The number of aliphatic hydroxyl groups is 1. The summed E-state index contributed by atoms with van der Waals surface area (Å²) in [5, 5.41) is 11.0. The summed E-state index contributed by atoms with van der Waals surface area (Å²) in [4.78, 5) is 22.5. The van der Waals surface area contributed by atoms with Crippen molar-refractivity contribution in [1.82, 2.24) is 14.9 Å². The fourth-order valence-electron chi connectivity index (χ4n) is 5.49. The molecule has 2 fully saturated rings. The second-order valence-corrected chi connectivity index (χ2v) is 9.30. The standard InChI is InChI=1S/C22H30FN3O3/c1-12-5-14-8-22(3,28)9-15(6-12)26(14)18(27)7-13(2)16-10-24-21-19(16)20(23)17(29-4)11-25-21/h10-15,28H,5-9H2,1-4H3,(H,24,25). The maximum absolute atomic E-state index is 14.8. The second-order valence-electron chi connectivity index (χ2n) is 9.30. The minimum atomic E-state index is -0.708. The van der Waals surface area contributed by atoms with E-state index in [1.807, 2.05) is 18.7 Å². The number of hydrogen-bond acceptors (Lipinski definition) is 4. The van der Waals surface area contributed by atoms with Gasteiger partial charge in [-0.1, -0.05) is 13.8 Å². The first-order chi connectivity index (χ1) is 13.7. The molecule has 158 valence electrons. The smallest absolute Gasteiger partial charge is 0.223 e. The molecular formula is C22H30FN3O3. The molecule has 0 aliphatic carbocycles. The molecule has 2 bridgehead atoms. The summed E-state index contributed by atoms with van der Waals surface area (Å²) in [6.07, 6.45) is 6.49. The van der Waals surface area contributed by atoms with Crippen molar-refractivity contribution < 1.29 is 19.0 Å².